The quantitative estimate of drug-likeness (QED) is 0.729. The third-order valence-corrected chi connectivity index (χ3v) is 4.43. The smallest absolute Gasteiger partial charge is 0.0406 e. The molecule has 0 spiro atoms. The van der Waals surface area contributed by atoms with Crippen molar-refractivity contribution in [2.75, 3.05) is 0 Å². The van der Waals surface area contributed by atoms with Crippen LogP contribution in [0.5, 0.6) is 0 Å². The van der Waals surface area contributed by atoms with E-state index in [9.17, 15) is 0 Å². The Morgan fingerprint density at radius 1 is 0.619 bits per heavy atom. The van der Waals surface area contributed by atoms with Crippen molar-refractivity contribution < 1.29 is 0 Å². The van der Waals surface area contributed by atoms with Crippen molar-refractivity contribution in [2.24, 2.45) is 5.73 Å². The maximum absolute atomic E-state index is 6.63. The van der Waals surface area contributed by atoms with Gasteiger partial charge in [0, 0.05) is 12.0 Å². The van der Waals surface area contributed by atoms with Crippen LogP contribution in [0.2, 0.25) is 0 Å². The summed E-state index contributed by atoms with van der Waals surface area (Å²) < 4.78 is 0. The molecule has 3 aromatic carbocycles. The molecule has 1 nitrogen and oxygen atoms in total. The van der Waals surface area contributed by atoms with Gasteiger partial charge in [0.2, 0.25) is 0 Å². The standard InChI is InChI=1S/C20H17N/c21-20(14-8-2-1-3-9-14)19-17-12-6-4-10-15(17)16-11-5-7-13-18(16)19/h1-13,19-20H,21H2. The molecular formula is C20H17N. The van der Waals surface area contributed by atoms with E-state index in [4.69, 9.17) is 5.73 Å². The van der Waals surface area contributed by atoms with Crippen LogP contribution >= 0.6 is 0 Å². The van der Waals surface area contributed by atoms with E-state index in [1.165, 1.54) is 27.8 Å². The van der Waals surface area contributed by atoms with Crippen LogP contribution in [0.25, 0.3) is 11.1 Å². The molecule has 2 N–H and O–H groups in total. The summed E-state index contributed by atoms with van der Waals surface area (Å²) in [5.41, 5.74) is 13.2. The van der Waals surface area contributed by atoms with Gasteiger partial charge in [-0.3, -0.25) is 0 Å². The summed E-state index contributed by atoms with van der Waals surface area (Å²) >= 11 is 0. The highest BCUT2D eigenvalue weighted by molar-refractivity contribution is 5.79. The van der Waals surface area contributed by atoms with E-state index in [-0.39, 0.29) is 12.0 Å². The predicted octanol–water partition coefficient (Wildman–Crippen LogP) is 4.50. The van der Waals surface area contributed by atoms with Gasteiger partial charge in [0.05, 0.1) is 0 Å². The van der Waals surface area contributed by atoms with Gasteiger partial charge in [-0.1, -0.05) is 78.9 Å². The summed E-state index contributed by atoms with van der Waals surface area (Å²) in [6.45, 7) is 0. The van der Waals surface area contributed by atoms with Gasteiger partial charge in [0.15, 0.2) is 0 Å². The zero-order chi connectivity index (χ0) is 14.2. The summed E-state index contributed by atoms with van der Waals surface area (Å²) in [6.07, 6.45) is 0. The molecule has 4 rings (SSSR count). The zero-order valence-corrected chi connectivity index (χ0v) is 11.7. The summed E-state index contributed by atoms with van der Waals surface area (Å²) in [4.78, 5) is 0. The minimum Gasteiger partial charge on any atom is -0.323 e. The highest BCUT2D eigenvalue weighted by Gasteiger charge is 2.32. The molecule has 1 heteroatoms. The normalized spacial score (nSPS) is 14.5. The van der Waals surface area contributed by atoms with Crippen molar-refractivity contribution in [3.8, 4) is 11.1 Å². The Morgan fingerprint density at radius 2 is 1.10 bits per heavy atom. The molecule has 0 aliphatic heterocycles. The van der Waals surface area contributed by atoms with Crippen molar-refractivity contribution in [1.29, 1.82) is 0 Å². The van der Waals surface area contributed by atoms with Crippen LogP contribution < -0.4 is 5.73 Å². The van der Waals surface area contributed by atoms with E-state index in [0.717, 1.165) is 0 Å². The third kappa shape index (κ3) is 1.90. The Bertz CT molecular complexity index is 731. The topological polar surface area (TPSA) is 26.0 Å². The first-order valence-electron chi connectivity index (χ1n) is 7.35. The molecule has 1 atom stereocenters. The van der Waals surface area contributed by atoms with Crippen LogP contribution in [0, 0.1) is 0 Å². The Labute approximate surface area is 125 Å². The van der Waals surface area contributed by atoms with Crippen molar-refractivity contribution in [3.63, 3.8) is 0 Å². The van der Waals surface area contributed by atoms with E-state index in [1.54, 1.807) is 0 Å². The molecule has 3 aromatic rings. The lowest BCUT2D eigenvalue weighted by molar-refractivity contribution is 0.641. The minimum absolute atomic E-state index is 0.0176. The number of rotatable bonds is 2. The van der Waals surface area contributed by atoms with Gasteiger partial charge in [-0.25, -0.2) is 0 Å². The van der Waals surface area contributed by atoms with E-state index in [2.05, 4.69) is 72.8 Å². The molecule has 0 saturated heterocycles. The average molecular weight is 271 g/mol. The molecule has 0 heterocycles. The Kier molecular flexibility index (Phi) is 2.87. The van der Waals surface area contributed by atoms with Crippen molar-refractivity contribution >= 4 is 0 Å². The van der Waals surface area contributed by atoms with Gasteiger partial charge in [0.1, 0.15) is 0 Å². The lowest BCUT2D eigenvalue weighted by atomic mass is 9.86. The van der Waals surface area contributed by atoms with Gasteiger partial charge in [-0.15, -0.1) is 0 Å². The van der Waals surface area contributed by atoms with Crippen LogP contribution in [0.1, 0.15) is 28.7 Å². The fourth-order valence-electron chi connectivity index (χ4n) is 3.45. The molecule has 0 bridgehead atoms. The van der Waals surface area contributed by atoms with Crippen molar-refractivity contribution in [2.45, 2.75) is 12.0 Å². The molecular weight excluding hydrogens is 254 g/mol. The Balaban J connectivity index is 1.89. The highest BCUT2D eigenvalue weighted by atomic mass is 14.7. The number of hydrogen-bond acceptors (Lipinski definition) is 1. The lowest BCUT2D eigenvalue weighted by Crippen LogP contribution is -2.19. The fourth-order valence-corrected chi connectivity index (χ4v) is 3.45. The van der Waals surface area contributed by atoms with Crippen LogP contribution in [-0.2, 0) is 0 Å². The van der Waals surface area contributed by atoms with Crippen LogP contribution in [0.15, 0.2) is 78.9 Å². The van der Waals surface area contributed by atoms with E-state index in [1.807, 2.05) is 6.07 Å². The summed E-state index contributed by atoms with van der Waals surface area (Å²) in [7, 11) is 0. The first-order chi connectivity index (χ1) is 10.4. The SMILES string of the molecule is NC(c1ccccc1)C1c2ccccc2-c2ccccc21. The molecule has 0 aromatic heterocycles. The maximum atomic E-state index is 6.63. The minimum atomic E-state index is -0.0176. The number of hydrogen-bond donors (Lipinski definition) is 1. The van der Waals surface area contributed by atoms with Crippen molar-refractivity contribution in [1.82, 2.24) is 0 Å². The van der Waals surface area contributed by atoms with Crippen molar-refractivity contribution in [3.05, 3.63) is 95.6 Å². The van der Waals surface area contributed by atoms with E-state index >= 15 is 0 Å². The van der Waals surface area contributed by atoms with Gasteiger partial charge >= 0.3 is 0 Å². The molecule has 1 unspecified atom stereocenters. The first kappa shape index (κ1) is 12.4. The first-order valence-corrected chi connectivity index (χ1v) is 7.35. The van der Waals surface area contributed by atoms with Gasteiger partial charge < -0.3 is 5.73 Å². The van der Waals surface area contributed by atoms with Crippen LogP contribution in [0.3, 0.4) is 0 Å². The lowest BCUT2D eigenvalue weighted by Gasteiger charge is -2.22. The fraction of sp³-hybridized carbons (Fsp3) is 0.100. The maximum Gasteiger partial charge on any atom is 0.0406 e. The van der Waals surface area contributed by atoms with E-state index in [0.29, 0.717) is 0 Å². The second-order valence-corrected chi connectivity index (χ2v) is 5.59. The van der Waals surface area contributed by atoms with Crippen LogP contribution in [-0.4, -0.2) is 0 Å². The summed E-state index contributed by atoms with van der Waals surface area (Å²) in [5, 5.41) is 0. The molecule has 0 amide bonds. The second kappa shape index (κ2) is 4.87. The Morgan fingerprint density at radius 3 is 1.67 bits per heavy atom. The third-order valence-electron chi connectivity index (χ3n) is 4.43. The van der Waals surface area contributed by atoms with E-state index < -0.39 is 0 Å². The van der Waals surface area contributed by atoms with Crippen LogP contribution in [0.4, 0.5) is 0 Å². The Hall–Kier alpha value is -2.38. The monoisotopic (exact) mass is 271 g/mol. The molecule has 0 saturated carbocycles. The predicted molar refractivity (Wildman–Crippen MR) is 87.1 cm³/mol. The number of fused-ring (bicyclic) bond motifs is 3. The highest BCUT2D eigenvalue weighted by Crippen LogP contribution is 2.49. The van der Waals surface area contributed by atoms with Gasteiger partial charge in [-0.2, -0.15) is 0 Å². The number of benzene rings is 3. The average Bonchev–Trinajstić information content (AvgIpc) is 2.90. The molecule has 1 aliphatic rings. The second-order valence-electron chi connectivity index (χ2n) is 5.59. The molecule has 21 heavy (non-hydrogen) atoms. The van der Waals surface area contributed by atoms with Gasteiger partial charge in [0.25, 0.3) is 0 Å². The van der Waals surface area contributed by atoms with Gasteiger partial charge in [-0.05, 0) is 27.8 Å². The largest absolute Gasteiger partial charge is 0.323 e. The molecule has 0 fully saturated rings. The summed E-state index contributed by atoms with van der Waals surface area (Å²) in [5.74, 6) is 0.236. The molecule has 102 valence electrons. The molecule has 1 aliphatic carbocycles. The zero-order valence-electron chi connectivity index (χ0n) is 11.7. The molecule has 0 radical (unpaired) electrons. The summed E-state index contributed by atoms with van der Waals surface area (Å²) in [6, 6.07) is 27.6. The number of nitrogens with two attached hydrogens (primary N) is 1.